The van der Waals surface area contributed by atoms with Crippen LogP contribution in [0.2, 0.25) is 0 Å². The molecule has 1 heterocycles. The highest BCUT2D eigenvalue weighted by atomic mass is 32.1. The monoisotopic (exact) mass is 333 g/mol. The maximum absolute atomic E-state index is 12.1. The Hall–Kier alpha value is -1.92. The topological polar surface area (TPSA) is 77.2 Å². The van der Waals surface area contributed by atoms with Gasteiger partial charge in [-0.1, -0.05) is 31.5 Å². The highest BCUT2D eigenvalue weighted by Gasteiger charge is 2.14. The highest BCUT2D eigenvalue weighted by molar-refractivity contribution is 7.09. The summed E-state index contributed by atoms with van der Waals surface area (Å²) in [7, 11) is 1.65. The third-order valence-corrected chi connectivity index (χ3v) is 4.52. The number of benzene rings is 1. The molecule has 0 bridgehead atoms. The van der Waals surface area contributed by atoms with Crippen LogP contribution in [0.5, 0.6) is 5.75 Å². The lowest BCUT2D eigenvalue weighted by atomic mass is 10.1. The normalized spacial score (nSPS) is 12.0. The minimum Gasteiger partial charge on any atom is -0.496 e. The molecule has 0 aliphatic carbocycles. The van der Waals surface area contributed by atoms with Crippen molar-refractivity contribution < 1.29 is 9.53 Å². The summed E-state index contributed by atoms with van der Waals surface area (Å²) in [6, 6.07) is 7.72. The zero-order valence-electron chi connectivity index (χ0n) is 13.5. The number of nitrogens with two attached hydrogens (primary N) is 1. The average molecular weight is 333 g/mol. The fourth-order valence-corrected chi connectivity index (χ4v) is 3.14. The molecule has 6 heteroatoms. The summed E-state index contributed by atoms with van der Waals surface area (Å²) >= 11 is 1.44. The van der Waals surface area contributed by atoms with Crippen LogP contribution in [-0.4, -0.2) is 24.5 Å². The molecule has 0 saturated heterocycles. The van der Waals surface area contributed by atoms with Crippen molar-refractivity contribution in [3.05, 3.63) is 45.9 Å². The first-order chi connectivity index (χ1) is 11.2. The van der Waals surface area contributed by atoms with E-state index in [-0.39, 0.29) is 11.9 Å². The van der Waals surface area contributed by atoms with Crippen LogP contribution in [0.4, 0.5) is 0 Å². The summed E-state index contributed by atoms with van der Waals surface area (Å²) in [4.78, 5) is 16.5. The molecule has 2 rings (SSSR count). The molecule has 1 unspecified atom stereocenters. The number of ether oxygens (including phenoxy) is 1. The number of carbonyl (C=O) groups excluding carboxylic acids is 1. The van der Waals surface area contributed by atoms with E-state index in [0.717, 1.165) is 29.2 Å². The molecule has 0 aliphatic rings. The van der Waals surface area contributed by atoms with Crippen LogP contribution in [0, 0.1) is 0 Å². The van der Waals surface area contributed by atoms with Gasteiger partial charge in [-0.05, 0) is 24.5 Å². The first-order valence-corrected chi connectivity index (χ1v) is 8.64. The molecule has 3 N–H and O–H groups in total. The number of hydrogen-bond donors (Lipinski definition) is 2. The molecule has 2 aromatic rings. The molecule has 0 spiro atoms. The second-order valence-electron chi connectivity index (χ2n) is 5.28. The zero-order chi connectivity index (χ0) is 16.7. The smallest absolute Gasteiger partial charge is 0.270 e. The van der Waals surface area contributed by atoms with Gasteiger partial charge in [-0.2, -0.15) is 0 Å². The first kappa shape index (κ1) is 17.4. The van der Waals surface area contributed by atoms with E-state index in [1.807, 2.05) is 24.3 Å². The van der Waals surface area contributed by atoms with Crippen molar-refractivity contribution in [2.75, 3.05) is 13.7 Å². The predicted octanol–water partition coefficient (Wildman–Crippen LogP) is 2.92. The second-order valence-corrected chi connectivity index (χ2v) is 6.17. The van der Waals surface area contributed by atoms with Crippen LogP contribution >= 0.6 is 11.3 Å². The van der Waals surface area contributed by atoms with Gasteiger partial charge in [0.05, 0.1) is 13.2 Å². The maximum atomic E-state index is 12.1. The minimum absolute atomic E-state index is 0.0832. The number of carbonyl (C=O) groups is 1. The van der Waals surface area contributed by atoms with Crippen molar-refractivity contribution in [2.45, 2.75) is 32.2 Å². The summed E-state index contributed by atoms with van der Waals surface area (Å²) in [6.07, 6.45) is 2.59. The standard InChI is InChI=1S/C17H23N3O2S/c1-3-6-13(18)17-20-14(11-23-17)16(21)19-10-9-12-7-4-5-8-15(12)22-2/h4-5,7-8,11,13H,3,6,9-10,18H2,1-2H3,(H,19,21). The molecule has 5 nitrogen and oxygen atoms in total. The Morgan fingerprint density at radius 2 is 2.22 bits per heavy atom. The van der Waals surface area contributed by atoms with E-state index in [4.69, 9.17) is 10.5 Å². The van der Waals surface area contributed by atoms with Crippen LogP contribution in [0.3, 0.4) is 0 Å². The Balaban J connectivity index is 1.87. The zero-order valence-corrected chi connectivity index (χ0v) is 14.4. The molecular formula is C17H23N3O2S. The van der Waals surface area contributed by atoms with Crippen LogP contribution in [0.1, 0.15) is 46.9 Å². The van der Waals surface area contributed by atoms with Gasteiger partial charge in [0.1, 0.15) is 16.5 Å². The van der Waals surface area contributed by atoms with Gasteiger partial charge in [0.15, 0.2) is 0 Å². The van der Waals surface area contributed by atoms with Gasteiger partial charge in [-0.15, -0.1) is 11.3 Å². The summed E-state index contributed by atoms with van der Waals surface area (Å²) in [5, 5.41) is 5.48. The van der Waals surface area contributed by atoms with Gasteiger partial charge in [0.25, 0.3) is 5.91 Å². The first-order valence-electron chi connectivity index (χ1n) is 7.76. The third kappa shape index (κ3) is 4.77. The van der Waals surface area contributed by atoms with Crippen LogP contribution in [0.15, 0.2) is 29.6 Å². The van der Waals surface area contributed by atoms with Gasteiger partial charge in [-0.25, -0.2) is 4.98 Å². The van der Waals surface area contributed by atoms with Gasteiger partial charge < -0.3 is 15.8 Å². The van der Waals surface area contributed by atoms with E-state index >= 15 is 0 Å². The molecule has 1 aromatic heterocycles. The van der Waals surface area contributed by atoms with Crippen molar-refractivity contribution in [3.63, 3.8) is 0 Å². The molecule has 23 heavy (non-hydrogen) atoms. The number of amides is 1. The third-order valence-electron chi connectivity index (χ3n) is 3.54. The van der Waals surface area contributed by atoms with Crippen molar-refractivity contribution in [3.8, 4) is 5.75 Å². The molecule has 0 saturated carbocycles. The second kappa shape index (κ2) is 8.64. The number of aromatic nitrogens is 1. The predicted molar refractivity (Wildman–Crippen MR) is 93.0 cm³/mol. The fourth-order valence-electron chi connectivity index (χ4n) is 2.31. The maximum Gasteiger partial charge on any atom is 0.270 e. The van der Waals surface area contributed by atoms with E-state index in [9.17, 15) is 4.79 Å². The van der Waals surface area contributed by atoms with Crippen molar-refractivity contribution >= 4 is 17.2 Å². The number of para-hydroxylation sites is 1. The van der Waals surface area contributed by atoms with Gasteiger partial charge in [-0.3, -0.25) is 4.79 Å². The summed E-state index contributed by atoms with van der Waals surface area (Å²) in [5.41, 5.74) is 7.54. The highest BCUT2D eigenvalue weighted by Crippen LogP contribution is 2.20. The Bertz CT molecular complexity index is 642. The van der Waals surface area contributed by atoms with Crippen molar-refractivity contribution in [1.82, 2.24) is 10.3 Å². The molecule has 1 amide bonds. The molecule has 0 aliphatic heterocycles. The quantitative estimate of drug-likeness (QED) is 0.778. The summed E-state index contributed by atoms with van der Waals surface area (Å²) in [6.45, 7) is 2.62. The Morgan fingerprint density at radius 3 is 2.96 bits per heavy atom. The fraction of sp³-hybridized carbons (Fsp3) is 0.412. The average Bonchev–Trinajstić information content (AvgIpc) is 3.05. The Kier molecular flexibility index (Phi) is 6.55. The van der Waals surface area contributed by atoms with Gasteiger partial charge in [0.2, 0.25) is 0 Å². The summed E-state index contributed by atoms with van der Waals surface area (Å²) in [5.74, 6) is 0.675. The number of methoxy groups -OCH3 is 1. The van der Waals surface area contributed by atoms with E-state index in [0.29, 0.717) is 18.7 Å². The Labute approximate surface area is 140 Å². The largest absolute Gasteiger partial charge is 0.496 e. The SMILES string of the molecule is CCCC(N)c1nc(C(=O)NCCc2ccccc2OC)cs1. The van der Waals surface area contributed by atoms with Gasteiger partial charge >= 0.3 is 0 Å². The number of nitrogens with one attached hydrogen (secondary N) is 1. The molecule has 1 aromatic carbocycles. The van der Waals surface area contributed by atoms with E-state index in [2.05, 4.69) is 17.2 Å². The van der Waals surface area contributed by atoms with Crippen LogP contribution in [0.25, 0.3) is 0 Å². The van der Waals surface area contributed by atoms with Crippen LogP contribution in [-0.2, 0) is 6.42 Å². The van der Waals surface area contributed by atoms with E-state index in [1.165, 1.54) is 11.3 Å². The lowest BCUT2D eigenvalue weighted by Crippen LogP contribution is -2.26. The summed E-state index contributed by atoms with van der Waals surface area (Å²) < 4.78 is 5.30. The van der Waals surface area contributed by atoms with Crippen molar-refractivity contribution in [2.24, 2.45) is 5.73 Å². The molecule has 0 radical (unpaired) electrons. The molecule has 1 atom stereocenters. The van der Waals surface area contributed by atoms with Crippen LogP contribution < -0.4 is 15.8 Å². The number of thiazole rings is 1. The number of rotatable bonds is 8. The van der Waals surface area contributed by atoms with E-state index in [1.54, 1.807) is 12.5 Å². The lowest BCUT2D eigenvalue weighted by Gasteiger charge is -2.08. The Morgan fingerprint density at radius 1 is 1.43 bits per heavy atom. The molecular weight excluding hydrogens is 310 g/mol. The number of nitrogens with zero attached hydrogens (tertiary/aromatic N) is 1. The molecule has 0 fully saturated rings. The minimum atomic E-state index is -0.161. The lowest BCUT2D eigenvalue weighted by molar-refractivity contribution is 0.0949. The van der Waals surface area contributed by atoms with E-state index < -0.39 is 0 Å². The number of hydrogen-bond acceptors (Lipinski definition) is 5. The van der Waals surface area contributed by atoms with Gasteiger partial charge in [0, 0.05) is 11.9 Å². The van der Waals surface area contributed by atoms with Crippen molar-refractivity contribution in [1.29, 1.82) is 0 Å². The molecule has 124 valence electrons.